The summed E-state index contributed by atoms with van der Waals surface area (Å²) < 4.78 is 0. The molecule has 2 amide bonds. The van der Waals surface area contributed by atoms with Crippen LogP contribution in [0.3, 0.4) is 0 Å². The monoisotopic (exact) mass is 273 g/mol. The van der Waals surface area contributed by atoms with Crippen LogP contribution in [0.25, 0.3) is 6.08 Å². The quantitative estimate of drug-likeness (QED) is 0.608. The van der Waals surface area contributed by atoms with E-state index in [4.69, 9.17) is 4.84 Å². The largest absolute Gasteiger partial charge is 0.294 e. The number of hydrogen-bond donors (Lipinski definition) is 0. The van der Waals surface area contributed by atoms with Gasteiger partial charge in [-0.15, -0.1) is 0 Å². The smallest absolute Gasteiger partial charge is 0.254 e. The van der Waals surface area contributed by atoms with Crippen LogP contribution in [0.1, 0.15) is 35.7 Å². The van der Waals surface area contributed by atoms with E-state index in [1.54, 1.807) is 24.3 Å². The van der Waals surface area contributed by atoms with Gasteiger partial charge in [-0.25, -0.2) is 0 Å². The van der Waals surface area contributed by atoms with Gasteiger partial charge in [-0.05, 0) is 12.5 Å². The summed E-state index contributed by atoms with van der Waals surface area (Å²) in [5, 5.41) is 0.807. The van der Waals surface area contributed by atoms with Crippen LogP contribution in [-0.4, -0.2) is 29.3 Å². The van der Waals surface area contributed by atoms with Crippen molar-refractivity contribution >= 4 is 23.7 Å². The highest BCUT2D eigenvalue weighted by molar-refractivity contribution is 6.00. The average Bonchev–Trinajstić information content (AvgIpc) is 2.75. The van der Waals surface area contributed by atoms with Crippen LogP contribution in [0, 0.1) is 0 Å². The number of Topliss-reactive ketones (excluding diaryl/α,β-unsaturated/α-hetero) is 1. The van der Waals surface area contributed by atoms with Crippen molar-refractivity contribution in [3.8, 4) is 0 Å². The van der Waals surface area contributed by atoms with E-state index in [1.807, 2.05) is 12.1 Å². The van der Waals surface area contributed by atoms with E-state index in [0.717, 1.165) is 10.6 Å². The minimum absolute atomic E-state index is 0.0175. The highest BCUT2D eigenvalue weighted by atomic mass is 16.7. The third kappa shape index (κ3) is 3.19. The van der Waals surface area contributed by atoms with Gasteiger partial charge in [0.05, 0.1) is 6.61 Å². The summed E-state index contributed by atoms with van der Waals surface area (Å²) in [6, 6.07) is 7.20. The average molecular weight is 273 g/mol. The number of hydrogen-bond acceptors (Lipinski definition) is 4. The van der Waals surface area contributed by atoms with Crippen LogP contribution in [-0.2, 0) is 14.4 Å². The molecule has 20 heavy (non-hydrogen) atoms. The SMILES string of the molecule is CC(=O)c1ccccc1/C=C/CON1C(=O)CCC1=O. The summed E-state index contributed by atoms with van der Waals surface area (Å²) in [7, 11) is 0. The second-order valence-electron chi connectivity index (χ2n) is 4.42. The minimum Gasteiger partial charge on any atom is -0.294 e. The summed E-state index contributed by atoms with van der Waals surface area (Å²) >= 11 is 0. The Kier molecular flexibility index (Phi) is 4.42. The molecule has 104 valence electrons. The molecule has 1 saturated heterocycles. The van der Waals surface area contributed by atoms with Crippen LogP contribution in [0.5, 0.6) is 0 Å². The number of hydroxylamine groups is 2. The van der Waals surface area contributed by atoms with E-state index in [0.29, 0.717) is 5.56 Å². The first-order valence-corrected chi connectivity index (χ1v) is 6.35. The van der Waals surface area contributed by atoms with Crippen LogP contribution in [0.15, 0.2) is 30.3 Å². The van der Waals surface area contributed by atoms with Gasteiger partial charge >= 0.3 is 0 Å². The number of carbonyl (C=O) groups is 3. The number of amides is 2. The van der Waals surface area contributed by atoms with Crippen LogP contribution in [0.2, 0.25) is 0 Å². The maximum Gasteiger partial charge on any atom is 0.254 e. The van der Waals surface area contributed by atoms with Crippen molar-refractivity contribution in [2.75, 3.05) is 6.61 Å². The topological polar surface area (TPSA) is 63.7 Å². The molecule has 0 atom stereocenters. The molecule has 0 spiro atoms. The number of rotatable bonds is 5. The maximum atomic E-state index is 11.4. The van der Waals surface area contributed by atoms with E-state index < -0.39 is 0 Å². The molecule has 5 nitrogen and oxygen atoms in total. The zero-order chi connectivity index (χ0) is 14.5. The lowest BCUT2D eigenvalue weighted by atomic mass is 10.0. The zero-order valence-electron chi connectivity index (χ0n) is 11.2. The van der Waals surface area contributed by atoms with Crippen molar-refractivity contribution in [2.24, 2.45) is 0 Å². The van der Waals surface area contributed by atoms with Crippen LogP contribution in [0.4, 0.5) is 0 Å². The standard InChI is InChI=1S/C15H15NO4/c1-11(17)13-7-3-2-5-12(13)6-4-10-20-16-14(18)8-9-15(16)19/h2-7H,8-10H2,1H3/b6-4+. The van der Waals surface area contributed by atoms with Gasteiger partial charge in [-0.2, -0.15) is 5.06 Å². The van der Waals surface area contributed by atoms with Gasteiger partial charge in [0.2, 0.25) is 0 Å². The number of ketones is 1. The molecule has 0 unspecified atom stereocenters. The van der Waals surface area contributed by atoms with Crippen LogP contribution >= 0.6 is 0 Å². The first-order chi connectivity index (χ1) is 9.59. The molecular formula is C15H15NO4. The summed E-state index contributed by atoms with van der Waals surface area (Å²) in [6.07, 6.45) is 3.81. The number of benzene rings is 1. The lowest BCUT2D eigenvalue weighted by molar-refractivity contribution is -0.184. The van der Waals surface area contributed by atoms with Crippen molar-refractivity contribution in [1.29, 1.82) is 0 Å². The van der Waals surface area contributed by atoms with Gasteiger partial charge in [-0.3, -0.25) is 19.2 Å². The summed E-state index contributed by atoms with van der Waals surface area (Å²) in [5.41, 5.74) is 1.40. The van der Waals surface area contributed by atoms with Gasteiger partial charge in [-0.1, -0.05) is 36.4 Å². The van der Waals surface area contributed by atoms with Gasteiger partial charge < -0.3 is 0 Å². The molecule has 0 saturated carbocycles. The Morgan fingerprint density at radius 2 is 1.90 bits per heavy atom. The lowest BCUT2D eigenvalue weighted by Crippen LogP contribution is -2.29. The van der Waals surface area contributed by atoms with Crippen molar-refractivity contribution in [2.45, 2.75) is 19.8 Å². The van der Waals surface area contributed by atoms with Gasteiger partial charge in [0, 0.05) is 18.4 Å². The predicted molar refractivity (Wildman–Crippen MR) is 72.5 cm³/mol. The Hall–Kier alpha value is -2.27. The van der Waals surface area contributed by atoms with Gasteiger partial charge in [0.25, 0.3) is 11.8 Å². The summed E-state index contributed by atoms with van der Waals surface area (Å²) in [6.45, 7) is 1.61. The first kappa shape index (κ1) is 14.1. The molecule has 0 radical (unpaired) electrons. The second-order valence-corrected chi connectivity index (χ2v) is 4.42. The third-order valence-electron chi connectivity index (χ3n) is 2.94. The van der Waals surface area contributed by atoms with Crippen molar-refractivity contribution in [1.82, 2.24) is 5.06 Å². The fraction of sp³-hybridized carbons (Fsp3) is 0.267. The molecule has 0 bridgehead atoms. The molecule has 0 N–H and O–H groups in total. The van der Waals surface area contributed by atoms with E-state index in [-0.39, 0.29) is 37.0 Å². The van der Waals surface area contributed by atoms with Crippen LogP contribution < -0.4 is 0 Å². The van der Waals surface area contributed by atoms with Crippen molar-refractivity contribution in [3.05, 3.63) is 41.5 Å². The molecule has 2 rings (SSSR count). The first-order valence-electron chi connectivity index (χ1n) is 6.35. The summed E-state index contributed by atoms with van der Waals surface area (Å²) in [4.78, 5) is 39.2. The highest BCUT2D eigenvalue weighted by Gasteiger charge is 2.29. The Balaban J connectivity index is 1.96. The molecule has 0 aliphatic carbocycles. The normalized spacial score (nSPS) is 15.3. The maximum absolute atomic E-state index is 11.4. The number of carbonyl (C=O) groups excluding carboxylic acids is 3. The molecule has 5 heteroatoms. The fourth-order valence-corrected chi connectivity index (χ4v) is 1.96. The van der Waals surface area contributed by atoms with E-state index >= 15 is 0 Å². The summed E-state index contributed by atoms with van der Waals surface area (Å²) in [5.74, 6) is -0.642. The molecular weight excluding hydrogens is 258 g/mol. The van der Waals surface area contributed by atoms with E-state index in [9.17, 15) is 14.4 Å². The Morgan fingerprint density at radius 1 is 1.25 bits per heavy atom. The number of nitrogens with zero attached hydrogens (tertiary/aromatic N) is 1. The Labute approximate surface area is 116 Å². The zero-order valence-corrected chi connectivity index (χ0v) is 11.2. The Morgan fingerprint density at radius 3 is 2.55 bits per heavy atom. The van der Waals surface area contributed by atoms with Crippen molar-refractivity contribution < 1.29 is 19.2 Å². The van der Waals surface area contributed by atoms with E-state index in [2.05, 4.69) is 0 Å². The highest BCUT2D eigenvalue weighted by Crippen LogP contribution is 2.13. The molecule has 1 aromatic carbocycles. The molecule has 1 aromatic rings. The fourth-order valence-electron chi connectivity index (χ4n) is 1.96. The van der Waals surface area contributed by atoms with Crippen molar-refractivity contribution in [3.63, 3.8) is 0 Å². The molecule has 1 fully saturated rings. The molecule has 0 aromatic heterocycles. The van der Waals surface area contributed by atoms with Gasteiger partial charge in [0.15, 0.2) is 5.78 Å². The van der Waals surface area contributed by atoms with E-state index in [1.165, 1.54) is 6.92 Å². The second kappa shape index (κ2) is 6.25. The number of imide groups is 1. The minimum atomic E-state index is -0.312. The Bertz CT molecular complexity index is 561. The molecule has 1 heterocycles. The third-order valence-corrected chi connectivity index (χ3v) is 2.94. The molecule has 1 aliphatic rings. The predicted octanol–water partition coefficient (Wildman–Crippen LogP) is 1.98. The lowest BCUT2D eigenvalue weighted by Gasteiger charge is -2.11. The van der Waals surface area contributed by atoms with Gasteiger partial charge in [0.1, 0.15) is 0 Å². The molecule has 1 aliphatic heterocycles.